The van der Waals surface area contributed by atoms with E-state index in [1.165, 1.54) is 12.1 Å². The quantitative estimate of drug-likeness (QED) is 0.837. The second kappa shape index (κ2) is 4.37. The van der Waals surface area contributed by atoms with Gasteiger partial charge >= 0.3 is 0 Å². The Bertz CT molecular complexity index is 389. The fraction of sp³-hybridized carbons (Fsp3) is 0.571. The van der Waals surface area contributed by atoms with E-state index in [-0.39, 0.29) is 11.8 Å². The summed E-state index contributed by atoms with van der Waals surface area (Å²) >= 11 is 0. The summed E-state index contributed by atoms with van der Waals surface area (Å²) < 4.78 is 26.2. The Kier molecular flexibility index (Phi) is 3.21. The summed E-state index contributed by atoms with van der Waals surface area (Å²) in [7, 11) is 0. The molecule has 0 amide bonds. The van der Waals surface area contributed by atoms with Crippen LogP contribution in [0.3, 0.4) is 0 Å². The molecular formula is C14H18F2O. The van der Waals surface area contributed by atoms with Crippen molar-refractivity contribution in [3.63, 3.8) is 0 Å². The van der Waals surface area contributed by atoms with E-state index in [4.69, 9.17) is 0 Å². The van der Waals surface area contributed by atoms with Crippen LogP contribution in [0.4, 0.5) is 8.78 Å². The smallest absolute Gasteiger partial charge is 0.126 e. The third kappa shape index (κ3) is 2.83. The Balaban J connectivity index is 2.15. The molecule has 0 aliphatic heterocycles. The molecule has 0 radical (unpaired) electrons. The third-order valence-electron chi connectivity index (χ3n) is 3.79. The minimum absolute atomic E-state index is 0.164. The van der Waals surface area contributed by atoms with E-state index in [2.05, 4.69) is 0 Å². The summed E-state index contributed by atoms with van der Waals surface area (Å²) in [4.78, 5) is 0. The van der Waals surface area contributed by atoms with E-state index in [0.29, 0.717) is 5.56 Å². The van der Waals surface area contributed by atoms with Gasteiger partial charge in [-0.2, -0.15) is 0 Å². The molecule has 1 aromatic rings. The Morgan fingerprint density at radius 3 is 2.18 bits per heavy atom. The topological polar surface area (TPSA) is 20.2 Å². The first kappa shape index (κ1) is 12.5. The molecule has 0 unspecified atom stereocenters. The van der Waals surface area contributed by atoms with Crippen molar-refractivity contribution in [2.24, 2.45) is 5.92 Å². The van der Waals surface area contributed by atoms with Gasteiger partial charge < -0.3 is 5.11 Å². The van der Waals surface area contributed by atoms with Gasteiger partial charge in [-0.15, -0.1) is 0 Å². The van der Waals surface area contributed by atoms with Gasteiger partial charge in [-0.1, -0.05) is 0 Å². The fourth-order valence-electron chi connectivity index (χ4n) is 2.74. The van der Waals surface area contributed by atoms with Gasteiger partial charge in [0.05, 0.1) is 5.60 Å². The van der Waals surface area contributed by atoms with Crippen molar-refractivity contribution in [1.82, 2.24) is 0 Å². The van der Waals surface area contributed by atoms with E-state index in [1.54, 1.807) is 13.8 Å². The molecule has 0 heterocycles. The number of benzene rings is 1. The van der Waals surface area contributed by atoms with E-state index in [1.807, 2.05) is 0 Å². The number of halogens is 2. The summed E-state index contributed by atoms with van der Waals surface area (Å²) in [5.74, 6) is -0.672. The molecule has 17 heavy (non-hydrogen) atoms. The third-order valence-corrected chi connectivity index (χ3v) is 3.79. The summed E-state index contributed by atoms with van der Waals surface area (Å²) in [5, 5.41) is 9.94. The van der Waals surface area contributed by atoms with E-state index < -0.39 is 17.2 Å². The van der Waals surface area contributed by atoms with E-state index in [0.717, 1.165) is 25.3 Å². The minimum Gasteiger partial charge on any atom is -0.390 e. The molecule has 1 N–H and O–H groups in total. The summed E-state index contributed by atoms with van der Waals surface area (Å²) in [6.45, 7) is 3.60. The summed E-state index contributed by atoms with van der Waals surface area (Å²) in [6, 6.07) is 3.70. The molecule has 2 atom stereocenters. The second-order valence-corrected chi connectivity index (χ2v) is 5.56. The molecule has 1 nitrogen and oxygen atoms in total. The highest BCUT2D eigenvalue weighted by molar-refractivity contribution is 5.23. The predicted octanol–water partition coefficient (Wildman–Crippen LogP) is 3.62. The number of aliphatic hydroxyl groups is 1. The van der Waals surface area contributed by atoms with Crippen LogP contribution in [0.2, 0.25) is 0 Å². The van der Waals surface area contributed by atoms with Gasteiger partial charge in [-0.05, 0) is 62.6 Å². The molecule has 1 aromatic carbocycles. The highest BCUT2D eigenvalue weighted by Gasteiger charge is 2.35. The van der Waals surface area contributed by atoms with Crippen LogP contribution in [-0.2, 0) is 0 Å². The van der Waals surface area contributed by atoms with Crippen molar-refractivity contribution < 1.29 is 13.9 Å². The number of hydrogen-bond acceptors (Lipinski definition) is 1. The van der Waals surface area contributed by atoms with E-state index >= 15 is 0 Å². The second-order valence-electron chi connectivity index (χ2n) is 5.56. The average molecular weight is 240 g/mol. The highest BCUT2D eigenvalue weighted by Crippen LogP contribution is 2.43. The van der Waals surface area contributed by atoms with Crippen LogP contribution in [0.25, 0.3) is 0 Å². The van der Waals surface area contributed by atoms with Crippen LogP contribution in [0, 0.1) is 17.6 Å². The van der Waals surface area contributed by atoms with Gasteiger partial charge in [0.1, 0.15) is 11.6 Å². The highest BCUT2D eigenvalue weighted by atomic mass is 19.1. The van der Waals surface area contributed by atoms with Gasteiger partial charge in [0.2, 0.25) is 0 Å². The lowest BCUT2D eigenvalue weighted by Gasteiger charge is -2.25. The molecule has 0 saturated heterocycles. The summed E-state index contributed by atoms with van der Waals surface area (Å²) in [6.07, 6.45) is 2.59. The Morgan fingerprint density at radius 2 is 1.71 bits per heavy atom. The molecule has 1 aliphatic carbocycles. The standard InChI is InChI=1S/C14H18F2O/c1-14(2,17)11-4-3-9(5-11)10-6-12(15)8-13(16)7-10/h6-9,11,17H,3-5H2,1-2H3/t9-,11+/m1/s1. The Hall–Kier alpha value is -0.960. The molecular weight excluding hydrogens is 222 g/mol. The van der Waals surface area contributed by atoms with Crippen LogP contribution >= 0.6 is 0 Å². The van der Waals surface area contributed by atoms with Crippen molar-refractivity contribution >= 4 is 0 Å². The van der Waals surface area contributed by atoms with Gasteiger partial charge in [-0.25, -0.2) is 8.78 Å². The lowest BCUT2D eigenvalue weighted by molar-refractivity contribution is 0.0194. The SMILES string of the molecule is CC(C)(O)[C@H]1CC[C@@H](c2cc(F)cc(F)c2)C1. The van der Waals surface area contributed by atoms with Gasteiger partial charge in [0, 0.05) is 6.07 Å². The lowest BCUT2D eigenvalue weighted by Crippen LogP contribution is -2.28. The largest absolute Gasteiger partial charge is 0.390 e. The van der Waals surface area contributed by atoms with Gasteiger partial charge in [-0.3, -0.25) is 0 Å². The monoisotopic (exact) mass is 240 g/mol. The average Bonchev–Trinajstić information content (AvgIpc) is 2.63. The summed E-state index contributed by atoms with van der Waals surface area (Å²) in [5.41, 5.74) is 0.00918. The maximum absolute atomic E-state index is 13.1. The molecule has 1 saturated carbocycles. The molecule has 0 aromatic heterocycles. The number of rotatable bonds is 2. The fourth-order valence-corrected chi connectivity index (χ4v) is 2.74. The normalized spacial score (nSPS) is 25.2. The molecule has 2 rings (SSSR count). The Labute approximate surface area is 100 Å². The molecule has 94 valence electrons. The van der Waals surface area contributed by atoms with Crippen molar-refractivity contribution in [1.29, 1.82) is 0 Å². The van der Waals surface area contributed by atoms with Crippen LogP contribution in [-0.4, -0.2) is 10.7 Å². The molecule has 0 spiro atoms. The van der Waals surface area contributed by atoms with Crippen LogP contribution in [0.5, 0.6) is 0 Å². The minimum atomic E-state index is -0.708. The molecule has 0 bridgehead atoms. The van der Waals surface area contributed by atoms with Crippen LogP contribution in [0.1, 0.15) is 44.6 Å². The first-order valence-electron chi connectivity index (χ1n) is 6.04. The first-order chi connectivity index (χ1) is 7.86. The zero-order valence-electron chi connectivity index (χ0n) is 10.2. The maximum Gasteiger partial charge on any atom is 0.126 e. The van der Waals surface area contributed by atoms with Crippen molar-refractivity contribution in [3.05, 3.63) is 35.4 Å². The number of hydrogen-bond donors (Lipinski definition) is 1. The Morgan fingerprint density at radius 1 is 1.12 bits per heavy atom. The van der Waals surface area contributed by atoms with Crippen LogP contribution in [0.15, 0.2) is 18.2 Å². The van der Waals surface area contributed by atoms with Gasteiger partial charge in [0.15, 0.2) is 0 Å². The van der Waals surface area contributed by atoms with Gasteiger partial charge in [0.25, 0.3) is 0 Å². The van der Waals surface area contributed by atoms with E-state index in [9.17, 15) is 13.9 Å². The maximum atomic E-state index is 13.1. The van der Waals surface area contributed by atoms with Crippen molar-refractivity contribution in [2.75, 3.05) is 0 Å². The van der Waals surface area contributed by atoms with Crippen molar-refractivity contribution in [2.45, 2.75) is 44.6 Å². The molecule has 3 heteroatoms. The van der Waals surface area contributed by atoms with Crippen LogP contribution < -0.4 is 0 Å². The van der Waals surface area contributed by atoms with Crippen molar-refractivity contribution in [3.8, 4) is 0 Å². The first-order valence-corrected chi connectivity index (χ1v) is 6.04. The molecule has 1 fully saturated rings. The zero-order chi connectivity index (χ0) is 12.6. The lowest BCUT2D eigenvalue weighted by atomic mass is 9.87. The zero-order valence-corrected chi connectivity index (χ0v) is 10.2. The predicted molar refractivity (Wildman–Crippen MR) is 62.7 cm³/mol. The molecule has 1 aliphatic rings.